The molecule has 0 spiro atoms. The fraction of sp³-hybridized carbons (Fsp3) is 0.562. The van der Waals surface area contributed by atoms with Crippen LogP contribution in [0, 0.1) is 0 Å². The molecule has 5 heteroatoms. The standard InChI is InChI=1S/C9H19NO.C7H6O2.ClH/c1-8(7-11)10-9-5-3-2-4-6-9;8-7(9)6-4-2-1-3-5-6;/h8-11H,2-7H2,1H3;1-5H,(H,8,9);1H. The summed E-state index contributed by atoms with van der Waals surface area (Å²) in [4.78, 5) is 10.2. The topological polar surface area (TPSA) is 69.6 Å². The van der Waals surface area contributed by atoms with Gasteiger partial charge in [-0.2, -0.15) is 0 Å². The summed E-state index contributed by atoms with van der Waals surface area (Å²) in [6.45, 7) is 2.30. The van der Waals surface area contributed by atoms with Gasteiger partial charge in [0.2, 0.25) is 0 Å². The second-order valence-corrected chi connectivity index (χ2v) is 5.26. The summed E-state index contributed by atoms with van der Waals surface area (Å²) in [7, 11) is 0. The lowest BCUT2D eigenvalue weighted by Crippen LogP contribution is -2.39. The summed E-state index contributed by atoms with van der Waals surface area (Å²) in [6, 6.07) is 9.24. The molecule has 0 bridgehead atoms. The molecule has 120 valence electrons. The number of hydrogen-bond acceptors (Lipinski definition) is 3. The zero-order chi connectivity index (χ0) is 14.8. The lowest BCUT2D eigenvalue weighted by molar-refractivity contribution is 0.0697. The van der Waals surface area contributed by atoms with E-state index in [2.05, 4.69) is 5.32 Å². The summed E-state index contributed by atoms with van der Waals surface area (Å²) in [6.07, 6.45) is 6.70. The smallest absolute Gasteiger partial charge is 0.335 e. The highest BCUT2D eigenvalue weighted by molar-refractivity contribution is 5.87. The Morgan fingerprint density at radius 2 is 1.81 bits per heavy atom. The summed E-state index contributed by atoms with van der Waals surface area (Å²) >= 11 is 0. The van der Waals surface area contributed by atoms with Gasteiger partial charge in [0, 0.05) is 12.1 Å². The molecule has 2 rings (SSSR count). The van der Waals surface area contributed by atoms with Gasteiger partial charge in [-0.3, -0.25) is 0 Å². The van der Waals surface area contributed by atoms with Crippen LogP contribution in [0.15, 0.2) is 30.3 Å². The Balaban J connectivity index is 0.000000370. The number of aromatic carboxylic acids is 1. The number of halogens is 1. The monoisotopic (exact) mass is 315 g/mol. The molecular formula is C16H26ClNO3. The van der Waals surface area contributed by atoms with E-state index >= 15 is 0 Å². The van der Waals surface area contributed by atoms with Crippen LogP contribution in [0.25, 0.3) is 0 Å². The molecule has 0 saturated heterocycles. The van der Waals surface area contributed by atoms with Gasteiger partial charge in [-0.15, -0.1) is 12.4 Å². The number of carbonyl (C=O) groups is 1. The molecule has 0 amide bonds. The first-order chi connectivity index (χ1) is 9.63. The van der Waals surface area contributed by atoms with Gasteiger partial charge in [-0.1, -0.05) is 37.5 Å². The molecule has 1 unspecified atom stereocenters. The summed E-state index contributed by atoms with van der Waals surface area (Å²) in [5.74, 6) is -0.879. The number of nitrogens with one attached hydrogen (secondary N) is 1. The van der Waals surface area contributed by atoms with Crippen molar-refractivity contribution in [2.24, 2.45) is 0 Å². The van der Waals surface area contributed by atoms with Crippen LogP contribution in [0.4, 0.5) is 0 Å². The fourth-order valence-corrected chi connectivity index (χ4v) is 2.31. The van der Waals surface area contributed by atoms with E-state index in [1.54, 1.807) is 30.3 Å². The predicted molar refractivity (Wildman–Crippen MR) is 87.2 cm³/mol. The number of carboxylic acids is 1. The summed E-state index contributed by atoms with van der Waals surface area (Å²) < 4.78 is 0. The molecule has 1 aliphatic rings. The van der Waals surface area contributed by atoms with Gasteiger partial charge in [0.05, 0.1) is 12.2 Å². The second-order valence-electron chi connectivity index (χ2n) is 5.26. The SMILES string of the molecule is CC(CO)NC1CCCCC1.Cl.O=C(O)c1ccccc1. The minimum atomic E-state index is -0.879. The molecule has 0 aromatic heterocycles. The Hall–Kier alpha value is -1.10. The maximum atomic E-state index is 10.2. The molecule has 1 atom stereocenters. The van der Waals surface area contributed by atoms with Crippen LogP contribution in [0.2, 0.25) is 0 Å². The van der Waals surface area contributed by atoms with Crippen molar-refractivity contribution in [2.75, 3.05) is 6.61 Å². The lowest BCUT2D eigenvalue weighted by Gasteiger charge is -2.25. The average Bonchev–Trinajstić information content (AvgIpc) is 2.49. The first-order valence-corrected chi connectivity index (χ1v) is 7.28. The van der Waals surface area contributed by atoms with Crippen molar-refractivity contribution in [3.63, 3.8) is 0 Å². The van der Waals surface area contributed by atoms with Gasteiger partial charge in [0.1, 0.15) is 0 Å². The molecule has 1 aliphatic carbocycles. The fourth-order valence-electron chi connectivity index (χ4n) is 2.31. The molecule has 21 heavy (non-hydrogen) atoms. The second kappa shape index (κ2) is 11.5. The molecule has 4 nitrogen and oxygen atoms in total. The van der Waals surface area contributed by atoms with Crippen LogP contribution >= 0.6 is 12.4 Å². The Morgan fingerprint density at radius 1 is 1.24 bits per heavy atom. The summed E-state index contributed by atoms with van der Waals surface area (Å²) in [5.41, 5.74) is 0.331. The highest BCUT2D eigenvalue weighted by Gasteiger charge is 2.14. The first-order valence-electron chi connectivity index (χ1n) is 7.28. The predicted octanol–water partition coefficient (Wildman–Crippen LogP) is 3.10. The van der Waals surface area contributed by atoms with Crippen molar-refractivity contribution in [1.82, 2.24) is 5.32 Å². The Labute approximate surface area is 133 Å². The molecule has 1 fully saturated rings. The zero-order valence-corrected chi connectivity index (χ0v) is 13.3. The number of carboxylic acid groups (broad SMARTS) is 1. The van der Waals surface area contributed by atoms with E-state index < -0.39 is 5.97 Å². The number of rotatable bonds is 4. The number of benzene rings is 1. The van der Waals surface area contributed by atoms with Crippen molar-refractivity contribution >= 4 is 18.4 Å². The van der Waals surface area contributed by atoms with Gasteiger partial charge in [0.25, 0.3) is 0 Å². The third-order valence-corrected chi connectivity index (χ3v) is 3.42. The molecule has 1 saturated carbocycles. The molecule has 0 heterocycles. The van der Waals surface area contributed by atoms with E-state index in [1.165, 1.54) is 32.1 Å². The highest BCUT2D eigenvalue weighted by Crippen LogP contribution is 2.17. The quantitative estimate of drug-likeness (QED) is 0.798. The average molecular weight is 316 g/mol. The zero-order valence-electron chi connectivity index (χ0n) is 12.5. The van der Waals surface area contributed by atoms with Crippen LogP contribution in [0.5, 0.6) is 0 Å². The van der Waals surface area contributed by atoms with E-state index in [0.717, 1.165) is 0 Å². The maximum absolute atomic E-state index is 10.2. The van der Waals surface area contributed by atoms with Gasteiger partial charge >= 0.3 is 5.97 Å². The number of hydrogen-bond donors (Lipinski definition) is 3. The minimum absolute atomic E-state index is 0. The summed E-state index contributed by atoms with van der Waals surface area (Å²) in [5, 5.41) is 20.6. The molecule has 0 radical (unpaired) electrons. The van der Waals surface area contributed by atoms with Crippen LogP contribution in [0.3, 0.4) is 0 Å². The highest BCUT2D eigenvalue weighted by atomic mass is 35.5. The van der Waals surface area contributed by atoms with Crippen molar-refractivity contribution in [3.8, 4) is 0 Å². The number of aliphatic hydroxyl groups excluding tert-OH is 1. The Morgan fingerprint density at radius 3 is 2.24 bits per heavy atom. The third kappa shape index (κ3) is 8.71. The van der Waals surface area contributed by atoms with E-state index in [-0.39, 0.29) is 25.1 Å². The third-order valence-electron chi connectivity index (χ3n) is 3.42. The minimum Gasteiger partial charge on any atom is -0.478 e. The molecule has 1 aromatic carbocycles. The van der Waals surface area contributed by atoms with Gasteiger partial charge in [-0.05, 0) is 31.9 Å². The van der Waals surface area contributed by atoms with Gasteiger partial charge in [0.15, 0.2) is 0 Å². The first kappa shape index (κ1) is 19.9. The van der Waals surface area contributed by atoms with Crippen LogP contribution < -0.4 is 5.32 Å². The van der Waals surface area contributed by atoms with Crippen molar-refractivity contribution in [3.05, 3.63) is 35.9 Å². The molecular weight excluding hydrogens is 290 g/mol. The maximum Gasteiger partial charge on any atom is 0.335 e. The Bertz CT molecular complexity index is 380. The lowest BCUT2D eigenvalue weighted by atomic mass is 9.95. The van der Waals surface area contributed by atoms with E-state index in [1.807, 2.05) is 6.92 Å². The molecule has 0 aliphatic heterocycles. The number of aliphatic hydroxyl groups is 1. The van der Waals surface area contributed by atoms with E-state index in [0.29, 0.717) is 11.6 Å². The van der Waals surface area contributed by atoms with Gasteiger partial charge < -0.3 is 15.5 Å². The van der Waals surface area contributed by atoms with E-state index in [9.17, 15) is 4.79 Å². The normalized spacial score (nSPS) is 16.1. The molecule has 3 N–H and O–H groups in total. The van der Waals surface area contributed by atoms with Crippen LogP contribution in [0.1, 0.15) is 49.4 Å². The largest absolute Gasteiger partial charge is 0.478 e. The van der Waals surface area contributed by atoms with Crippen LogP contribution in [-0.2, 0) is 0 Å². The van der Waals surface area contributed by atoms with Crippen LogP contribution in [-0.4, -0.2) is 34.9 Å². The van der Waals surface area contributed by atoms with Crippen molar-refractivity contribution < 1.29 is 15.0 Å². The van der Waals surface area contributed by atoms with E-state index in [4.69, 9.17) is 10.2 Å². The molecule has 1 aromatic rings. The van der Waals surface area contributed by atoms with Crippen molar-refractivity contribution in [2.45, 2.75) is 51.1 Å². The van der Waals surface area contributed by atoms with Gasteiger partial charge in [-0.25, -0.2) is 4.79 Å². The van der Waals surface area contributed by atoms with Crippen molar-refractivity contribution in [1.29, 1.82) is 0 Å². The Kier molecular flexibility index (Phi) is 10.9.